The first-order valence-corrected chi connectivity index (χ1v) is 12.8. The van der Waals surface area contributed by atoms with Crippen LogP contribution < -0.4 is 5.32 Å². The lowest BCUT2D eigenvalue weighted by molar-refractivity contribution is -0.384. The Bertz CT molecular complexity index is 1350. The Morgan fingerprint density at radius 1 is 1.17 bits per heavy atom. The van der Waals surface area contributed by atoms with Gasteiger partial charge in [0.2, 0.25) is 0 Å². The highest BCUT2D eigenvalue weighted by molar-refractivity contribution is 7.85. The highest BCUT2D eigenvalue weighted by Gasteiger charge is 2.35. The van der Waals surface area contributed by atoms with Crippen LogP contribution in [0.4, 0.5) is 5.69 Å². The number of nitrogens with one attached hydrogen (secondary N) is 1. The fourth-order valence-corrected chi connectivity index (χ4v) is 4.89. The Labute approximate surface area is 208 Å². The summed E-state index contributed by atoms with van der Waals surface area (Å²) in [5.74, 6) is 0.276. The molecule has 2 N–H and O–H groups in total. The molecule has 0 spiro atoms. The molecule has 3 aliphatic rings. The van der Waals surface area contributed by atoms with Crippen LogP contribution in [0.3, 0.4) is 0 Å². The molecular weight excluding hydrogens is 488 g/mol. The quantitative estimate of drug-likeness (QED) is 0.296. The first-order chi connectivity index (χ1) is 17.1. The second kappa shape index (κ2) is 10.6. The minimum absolute atomic E-state index is 0.0652. The van der Waals surface area contributed by atoms with E-state index in [1.807, 2.05) is 6.92 Å². The van der Waals surface area contributed by atoms with E-state index in [4.69, 9.17) is 8.97 Å². The van der Waals surface area contributed by atoms with Crippen molar-refractivity contribution in [1.82, 2.24) is 15.2 Å². The number of aryl methyl sites for hydroxylation is 1. The van der Waals surface area contributed by atoms with E-state index in [0.29, 0.717) is 11.5 Å². The number of nitro groups is 1. The van der Waals surface area contributed by atoms with Gasteiger partial charge in [-0.05, 0) is 57.0 Å². The summed E-state index contributed by atoms with van der Waals surface area (Å²) in [5, 5.41) is 14.1. The molecule has 3 aliphatic heterocycles. The van der Waals surface area contributed by atoms with Crippen LogP contribution in [0.2, 0.25) is 0 Å². The van der Waals surface area contributed by atoms with Gasteiger partial charge >= 0.3 is 5.91 Å². The van der Waals surface area contributed by atoms with E-state index < -0.39 is 15.0 Å². The highest BCUT2D eigenvalue weighted by Crippen LogP contribution is 2.30. The number of rotatable bonds is 5. The molecule has 3 saturated heterocycles. The van der Waals surface area contributed by atoms with Crippen molar-refractivity contribution in [2.45, 2.75) is 30.7 Å². The molecule has 36 heavy (non-hydrogen) atoms. The summed E-state index contributed by atoms with van der Waals surface area (Å²) in [7, 11) is -4.02. The summed E-state index contributed by atoms with van der Waals surface area (Å²) in [5.41, 5.74) is 1.18. The van der Waals surface area contributed by atoms with Gasteiger partial charge in [-0.3, -0.25) is 19.5 Å². The summed E-state index contributed by atoms with van der Waals surface area (Å²) in [6.07, 6.45) is 3.55. The molecule has 1 aromatic heterocycles. The highest BCUT2D eigenvalue weighted by atomic mass is 32.2. The number of benzene rings is 2. The zero-order valence-electron chi connectivity index (χ0n) is 19.5. The fourth-order valence-electron chi connectivity index (χ4n) is 4.41. The van der Waals surface area contributed by atoms with Crippen molar-refractivity contribution >= 4 is 21.7 Å². The minimum atomic E-state index is -4.02. The number of oxazole rings is 1. The summed E-state index contributed by atoms with van der Waals surface area (Å²) >= 11 is 0. The molecule has 2 bridgehead atoms. The van der Waals surface area contributed by atoms with Gasteiger partial charge in [-0.15, -0.1) is 0 Å². The molecule has 12 heteroatoms. The van der Waals surface area contributed by atoms with Crippen molar-refractivity contribution in [1.29, 1.82) is 0 Å². The number of fused-ring (bicyclic) bond motifs is 3. The Balaban J connectivity index is 0.000000233. The van der Waals surface area contributed by atoms with Crippen molar-refractivity contribution in [3.63, 3.8) is 0 Å². The molecule has 190 valence electrons. The predicted octanol–water partition coefficient (Wildman–Crippen LogP) is 3.32. The van der Waals surface area contributed by atoms with Gasteiger partial charge in [-0.25, -0.2) is 4.98 Å². The zero-order valence-corrected chi connectivity index (χ0v) is 20.3. The topological polar surface area (TPSA) is 156 Å². The molecular formula is C24H26N4O7S. The molecule has 0 unspecified atom stereocenters. The van der Waals surface area contributed by atoms with Crippen molar-refractivity contribution in [3.05, 3.63) is 76.3 Å². The van der Waals surface area contributed by atoms with Gasteiger partial charge in [-0.2, -0.15) is 8.42 Å². The Morgan fingerprint density at radius 2 is 1.83 bits per heavy atom. The zero-order chi connectivity index (χ0) is 25.9. The first-order valence-electron chi connectivity index (χ1n) is 11.4. The van der Waals surface area contributed by atoms with Gasteiger partial charge in [0.15, 0.2) is 5.76 Å². The van der Waals surface area contributed by atoms with E-state index >= 15 is 0 Å². The number of amides is 1. The molecule has 0 radical (unpaired) electrons. The number of hydrogen-bond donors (Lipinski definition) is 2. The van der Waals surface area contributed by atoms with Crippen LogP contribution in [0.1, 0.15) is 29.1 Å². The minimum Gasteiger partial charge on any atom is -0.432 e. The van der Waals surface area contributed by atoms with Crippen molar-refractivity contribution < 1.29 is 27.1 Å². The van der Waals surface area contributed by atoms with Gasteiger partial charge in [-0.1, -0.05) is 29.8 Å². The van der Waals surface area contributed by atoms with Gasteiger partial charge in [0.25, 0.3) is 21.7 Å². The van der Waals surface area contributed by atoms with Gasteiger partial charge in [0.1, 0.15) is 0 Å². The van der Waals surface area contributed by atoms with E-state index in [9.17, 15) is 23.3 Å². The number of nitro benzene ring substituents is 1. The summed E-state index contributed by atoms with van der Waals surface area (Å²) in [6, 6.07) is 12.3. The first kappa shape index (κ1) is 25.5. The third kappa shape index (κ3) is 5.96. The van der Waals surface area contributed by atoms with Crippen LogP contribution in [0.5, 0.6) is 0 Å². The normalized spacial score (nSPS) is 20.8. The van der Waals surface area contributed by atoms with E-state index in [2.05, 4.69) is 15.2 Å². The maximum atomic E-state index is 12.4. The predicted molar refractivity (Wildman–Crippen MR) is 130 cm³/mol. The smallest absolute Gasteiger partial charge is 0.307 e. The lowest BCUT2D eigenvalue weighted by Crippen LogP contribution is -2.57. The molecule has 4 heterocycles. The second-order valence-electron chi connectivity index (χ2n) is 8.81. The monoisotopic (exact) mass is 514 g/mol. The standard InChI is InChI=1S/C17H18N4O4.C7H8O3S/c22-16(19-13-10-20-7-5-11(13)6-8-20)17-18-9-15(25-17)12-3-1-2-4-14(12)21(23)24;1-6-2-4-7(5-3-6)11(8,9)10/h1-4,9,11,13H,5-8,10H2,(H,19,22);2-5H,1H3,(H,8,9,10)/t13-;/m0./s1. The number of aromatic nitrogens is 1. The number of carbonyl (C=O) groups excluding carboxylic acids is 1. The molecule has 11 nitrogen and oxygen atoms in total. The molecule has 1 atom stereocenters. The fraction of sp³-hybridized carbons (Fsp3) is 0.333. The SMILES string of the molecule is Cc1ccc(S(=O)(=O)O)cc1.O=C(N[C@H]1CN2CCC1CC2)c1ncc(-c2ccccc2[N+](=O)[O-])o1. The lowest BCUT2D eigenvalue weighted by Gasteiger charge is -2.44. The Morgan fingerprint density at radius 3 is 2.42 bits per heavy atom. The van der Waals surface area contributed by atoms with E-state index in [1.54, 1.807) is 30.3 Å². The molecule has 0 aliphatic carbocycles. The largest absolute Gasteiger partial charge is 0.432 e. The number of nitrogens with zero attached hydrogens (tertiary/aromatic N) is 3. The molecule has 2 aromatic carbocycles. The van der Waals surface area contributed by atoms with E-state index in [-0.39, 0.29) is 34.2 Å². The van der Waals surface area contributed by atoms with Crippen molar-refractivity contribution in [2.24, 2.45) is 5.92 Å². The number of piperidine rings is 3. The van der Waals surface area contributed by atoms with Crippen molar-refractivity contribution in [3.8, 4) is 11.3 Å². The molecule has 6 rings (SSSR count). The van der Waals surface area contributed by atoms with E-state index in [0.717, 1.165) is 38.0 Å². The van der Waals surface area contributed by atoms with Crippen LogP contribution in [0.25, 0.3) is 11.3 Å². The van der Waals surface area contributed by atoms with Crippen molar-refractivity contribution in [2.75, 3.05) is 19.6 Å². The summed E-state index contributed by atoms with van der Waals surface area (Å²) in [6.45, 7) is 4.89. The molecule has 3 aromatic rings. The number of carbonyl (C=O) groups is 1. The lowest BCUT2D eigenvalue weighted by atomic mass is 9.84. The third-order valence-corrected chi connectivity index (χ3v) is 7.23. The summed E-state index contributed by atoms with van der Waals surface area (Å²) < 4.78 is 35.1. The second-order valence-corrected chi connectivity index (χ2v) is 10.2. The van der Waals surface area contributed by atoms with Crippen LogP contribution in [-0.4, -0.2) is 59.4 Å². The van der Waals surface area contributed by atoms with Crippen LogP contribution in [0, 0.1) is 23.0 Å². The maximum Gasteiger partial charge on any atom is 0.307 e. The maximum absolute atomic E-state index is 12.4. The van der Waals surface area contributed by atoms with Gasteiger partial charge in [0, 0.05) is 18.7 Å². The summed E-state index contributed by atoms with van der Waals surface area (Å²) in [4.78, 5) is 29.4. The van der Waals surface area contributed by atoms with Crippen LogP contribution >= 0.6 is 0 Å². The third-order valence-electron chi connectivity index (χ3n) is 6.36. The number of hydrogen-bond acceptors (Lipinski definition) is 8. The van der Waals surface area contributed by atoms with Gasteiger partial charge in [0.05, 0.1) is 21.6 Å². The molecule has 0 saturated carbocycles. The Hall–Kier alpha value is -3.61. The Kier molecular flexibility index (Phi) is 7.48. The van der Waals surface area contributed by atoms with Gasteiger partial charge < -0.3 is 14.6 Å². The molecule has 1 amide bonds. The van der Waals surface area contributed by atoms with E-state index in [1.165, 1.54) is 24.4 Å². The van der Waals surface area contributed by atoms with Crippen LogP contribution in [-0.2, 0) is 10.1 Å². The number of para-hydroxylation sites is 1. The molecule has 3 fully saturated rings. The average molecular weight is 515 g/mol. The van der Waals surface area contributed by atoms with Crippen LogP contribution in [0.15, 0.2) is 64.0 Å². The average Bonchev–Trinajstić information content (AvgIpc) is 3.35.